The first-order chi connectivity index (χ1) is 9.30. The number of nitrogens with two attached hydrogens (primary N) is 1. The molecule has 6 heteroatoms. The van der Waals surface area contributed by atoms with Crippen molar-refractivity contribution in [3.63, 3.8) is 0 Å². The van der Waals surface area contributed by atoms with Gasteiger partial charge in [0.05, 0.1) is 13.1 Å². The van der Waals surface area contributed by atoms with E-state index in [9.17, 15) is 8.78 Å². The van der Waals surface area contributed by atoms with Gasteiger partial charge in [0.2, 0.25) is 0 Å². The lowest BCUT2D eigenvalue weighted by Crippen LogP contribution is -2.45. The van der Waals surface area contributed by atoms with Crippen LogP contribution in [0.25, 0.3) is 0 Å². The largest absolute Gasteiger partial charge is 0.370 e. The number of benzene rings is 1. The Balaban J connectivity index is 2.37. The summed E-state index contributed by atoms with van der Waals surface area (Å²) in [6, 6.07) is 7.90. The summed E-state index contributed by atoms with van der Waals surface area (Å²) in [5.41, 5.74) is 7.17. The monoisotopic (exact) mass is 284 g/mol. The third-order valence-electron chi connectivity index (χ3n) is 2.90. The summed E-state index contributed by atoms with van der Waals surface area (Å²) < 4.78 is 26.8. The lowest BCUT2D eigenvalue weighted by Gasteiger charge is -2.17. The molecule has 0 saturated carbocycles. The van der Waals surface area contributed by atoms with Gasteiger partial charge in [-0.1, -0.05) is 38.1 Å². The van der Waals surface area contributed by atoms with E-state index in [0.29, 0.717) is 12.5 Å². The Morgan fingerprint density at radius 3 is 2.35 bits per heavy atom. The zero-order valence-electron chi connectivity index (χ0n) is 11.8. The van der Waals surface area contributed by atoms with Crippen LogP contribution in [-0.4, -0.2) is 25.0 Å². The minimum atomic E-state index is -2.94. The number of rotatable bonds is 7. The molecule has 0 unspecified atom stereocenters. The fourth-order valence-electron chi connectivity index (χ4n) is 1.70. The molecule has 0 fully saturated rings. The number of guanidine groups is 1. The highest BCUT2D eigenvalue weighted by molar-refractivity contribution is 5.74. The molecule has 0 heterocycles. The lowest BCUT2D eigenvalue weighted by atomic mass is 10.0. The number of hydrogen-bond donors (Lipinski definition) is 4. The third kappa shape index (κ3) is 5.97. The Labute approximate surface area is 118 Å². The molecule has 20 heavy (non-hydrogen) atoms. The number of alkyl halides is 2. The van der Waals surface area contributed by atoms with Crippen molar-refractivity contribution in [1.82, 2.24) is 10.6 Å². The molecular weight excluding hydrogens is 262 g/mol. The molecule has 1 rings (SSSR count). The highest BCUT2D eigenvalue weighted by Gasteiger charge is 2.28. The van der Waals surface area contributed by atoms with E-state index in [1.54, 1.807) is 0 Å². The van der Waals surface area contributed by atoms with Gasteiger partial charge in [0.25, 0.3) is 5.92 Å². The Hall–Kier alpha value is -1.69. The quantitative estimate of drug-likeness (QED) is 0.457. The molecule has 0 atom stereocenters. The molecule has 0 aliphatic heterocycles. The van der Waals surface area contributed by atoms with Crippen LogP contribution in [-0.2, 0) is 6.54 Å². The lowest BCUT2D eigenvalue weighted by molar-refractivity contribution is 0.00700. The second-order valence-corrected chi connectivity index (χ2v) is 5.12. The van der Waals surface area contributed by atoms with Gasteiger partial charge in [-0.2, -0.15) is 0 Å². The molecule has 0 spiro atoms. The van der Waals surface area contributed by atoms with Crippen LogP contribution >= 0.6 is 0 Å². The topological polar surface area (TPSA) is 73.9 Å². The maximum atomic E-state index is 13.4. The Morgan fingerprint density at radius 1 is 1.25 bits per heavy atom. The van der Waals surface area contributed by atoms with E-state index in [2.05, 4.69) is 24.5 Å². The van der Waals surface area contributed by atoms with Crippen LogP contribution in [0.15, 0.2) is 24.3 Å². The van der Waals surface area contributed by atoms with Crippen molar-refractivity contribution in [2.45, 2.75) is 32.2 Å². The van der Waals surface area contributed by atoms with E-state index in [1.807, 2.05) is 24.3 Å². The van der Waals surface area contributed by atoms with Crippen LogP contribution < -0.4 is 16.4 Å². The van der Waals surface area contributed by atoms with Crippen molar-refractivity contribution in [3.05, 3.63) is 35.4 Å². The molecule has 0 amide bonds. The summed E-state index contributed by atoms with van der Waals surface area (Å²) in [5, 5.41) is 11.7. The van der Waals surface area contributed by atoms with Crippen LogP contribution in [0.2, 0.25) is 0 Å². The summed E-state index contributed by atoms with van der Waals surface area (Å²) in [5.74, 6) is -2.93. The van der Waals surface area contributed by atoms with E-state index in [1.165, 1.54) is 5.56 Å². The van der Waals surface area contributed by atoms with E-state index in [4.69, 9.17) is 11.1 Å². The van der Waals surface area contributed by atoms with Gasteiger partial charge in [-0.05, 0) is 17.0 Å². The van der Waals surface area contributed by atoms with Gasteiger partial charge < -0.3 is 16.4 Å². The maximum absolute atomic E-state index is 13.4. The molecule has 0 radical (unpaired) electrons. The van der Waals surface area contributed by atoms with Crippen LogP contribution in [0, 0.1) is 5.41 Å². The molecule has 112 valence electrons. The minimum Gasteiger partial charge on any atom is -0.370 e. The van der Waals surface area contributed by atoms with Gasteiger partial charge in [0, 0.05) is 6.54 Å². The Kier molecular flexibility index (Phi) is 5.88. The molecule has 0 bridgehead atoms. The van der Waals surface area contributed by atoms with Crippen molar-refractivity contribution in [2.24, 2.45) is 5.73 Å². The highest BCUT2D eigenvalue weighted by atomic mass is 19.3. The molecule has 4 nitrogen and oxygen atoms in total. The van der Waals surface area contributed by atoms with Crippen molar-refractivity contribution >= 4 is 5.96 Å². The van der Waals surface area contributed by atoms with Gasteiger partial charge in [0.15, 0.2) is 5.96 Å². The molecule has 5 N–H and O–H groups in total. The molecule has 0 aliphatic rings. The first-order valence-electron chi connectivity index (χ1n) is 6.55. The molecule has 0 saturated heterocycles. The Bertz CT molecular complexity index is 429. The first-order valence-corrected chi connectivity index (χ1v) is 6.55. The van der Waals surface area contributed by atoms with Crippen LogP contribution in [0.3, 0.4) is 0 Å². The van der Waals surface area contributed by atoms with Crippen molar-refractivity contribution < 1.29 is 8.78 Å². The van der Waals surface area contributed by atoms with Crippen molar-refractivity contribution in [1.29, 1.82) is 5.41 Å². The molecule has 0 aromatic heterocycles. The molecule has 0 aliphatic carbocycles. The standard InChI is InChI=1S/C14H22F2N4/c1-10(2)12-5-3-11(4-6-12)7-19-8-14(15,16)9-20-13(17)18/h3-6,10,19H,7-9H2,1-2H3,(H4,17,18,20). The Morgan fingerprint density at radius 2 is 1.85 bits per heavy atom. The van der Waals surface area contributed by atoms with Crippen LogP contribution in [0.5, 0.6) is 0 Å². The van der Waals surface area contributed by atoms with Gasteiger partial charge in [0.1, 0.15) is 0 Å². The normalized spacial score (nSPS) is 11.7. The van der Waals surface area contributed by atoms with Crippen molar-refractivity contribution in [2.75, 3.05) is 13.1 Å². The van der Waals surface area contributed by atoms with E-state index in [-0.39, 0.29) is 0 Å². The number of hydrogen-bond acceptors (Lipinski definition) is 2. The van der Waals surface area contributed by atoms with E-state index < -0.39 is 25.0 Å². The fourth-order valence-corrected chi connectivity index (χ4v) is 1.70. The molecular formula is C14H22F2N4. The minimum absolute atomic E-state index is 0.383. The first kappa shape index (κ1) is 16.4. The van der Waals surface area contributed by atoms with E-state index in [0.717, 1.165) is 5.56 Å². The van der Waals surface area contributed by atoms with Gasteiger partial charge in [-0.25, -0.2) is 8.78 Å². The molecule has 1 aromatic rings. The molecule has 1 aromatic carbocycles. The van der Waals surface area contributed by atoms with Crippen LogP contribution in [0.4, 0.5) is 8.78 Å². The second-order valence-electron chi connectivity index (χ2n) is 5.12. The van der Waals surface area contributed by atoms with Gasteiger partial charge in [-0.3, -0.25) is 5.41 Å². The summed E-state index contributed by atoms with van der Waals surface area (Å²) in [4.78, 5) is 0. The summed E-state index contributed by atoms with van der Waals surface area (Å²) >= 11 is 0. The highest BCUT2D eigenvalue weighted by Crippen LogP contribution is 2.15. The predicted molar refractivity (Wildman–Crippen MR) is 77.1 cm³/mol. The maximum Gasteiger partial charge on any atom is 0.277 e. The number of nitrogens with one attached hydrogen (secondary N) is 3. The van der Waals surface area contributed by atoms with Gasteiger partial charge in [-0.15, -0.1) is 0 Å². The zero-order valence-corrected chi connectivity index (χ0v) is 11.8. The third-order valence-corrected chi connectivity index (χ3v) is 2.90. The van der Waals surface area contributed by atoms with Crippen molar-refractivity contribution in [3.8, 4) is 0 Å². The smallest absolute Gasteiger partial charge is 0.277 e. The zero-order chi connectivity index (χ0) is 15.2. The SMILES string of the molecule is CC(C)c1ccc(CNCC(F)(F)CNC(=N)N)cc1. The van der Waals surface area contributed by atoms with Gasteiger partial charge >= 0.3 is 0 Å². The average molecular weight is 284 g/mol. The van der Waals surface area contributed by atoms with Crippen LogP contribution in [0.1, 0.15) is 30.9 Å². The number of halogens is 2. The summed E-state index contributed by atoms with van der Waals surface area (Å²) in [6.07, 6.45) is 0. The average Bonchev–Trinajstić information content (AvgIpc) is 2.37. The summed E-state index contributed by atoms with van der Waals surface area (Å²) in [7, 11) is 0. The predicted octanol–water partition coefficient (Wildman–Crippen LogP) is 2.02. The second kappa shape index (κ2) is 7.19. The fraction of sp³-hybridized carbons (Fsp3) is 0.500. The summed E-state index contributed by atoms with van der Waals surface area (Å²) in [6.45, 7) is 3.50. The van der Waals surface area contributed by atoms with E-state index >= 15 is 0 Å².